The number of halogens is 1. The zero-order valence-electron chi connectivity index (χ0n) is 9.85. The second kappa shape index (κ2) is 5.66. The Hall–Kier alpha value is -1.85. The van der Waals surface area contributed by atoms with E-state index in [1.54, 1.807) is 25.4 Å². The van der Waals surface area contributed by atoms with Gasteiger partial charge < -0.3 is 15.8 Å². The van der Waals surface area contributed by atoms with Gasteiger partial charge in [-0.2, -0.15) is 0 Å². The van der Waals surface area contributed by atoms with Gasteiger partial charge in [-0.1, -0.05) is 11.6 Å². The summed E-state index contributed by atoms with van der Waals surface area (Å²) in [5.74, 6) is 1.93. The SMILES string of the molecule is COc1ccc(Nc2ccnc(CN)n2)c(Cl)c1. The summed E-state index contributed by atoms with van der Waals surface area (Å²) in [5.41, 5.74) is 6.23. The average molecular weight is 265 g/mol. The molecule has 2 rings (SSSR count). The van der Waals surface area contributed by atoms with Crippen LogP contribution in [0.25, 0.3) is 0 Å². The smallest absolute Gasteiger partial charge is 0.144 e. The van der Waals surface area contributed by atoms with Crippen LogP contribution in [0.15, 0.2) is 30.5 Å². The number of rotatable bonds is 4. The highest BCUT2D eigenvalue weighted by Crippen LogP contribution is 2.28. The first kappa shape index (κ1) is 12.6. The van der Waals surface area contributed by atoms with Crippen molar-refractivity contribution >= 4 is 23.1 Å². The average Bonchev–Trinajstić information content (AvgIpc) is 2.41. The fourth-order valence-corrected chi connectivity index (χ4v) is 1.65. The predicted molar refractivity (Wildman–Crippen MR) is 71.2 cm³/mol. The maximum absolute atomic E-state index is 6.12. The van der Waals surface area contributed by atoms with Gasteiger partial charge in [0, 0.05) is 12.3 Å². The van der Waals surface area contributed by atoms with Crippen molar-refractivity contribution in [2.75, 3.05) is 12.4 Å². The van der Waals surface area contributed by atoms with Gasteiger partial charge in [-0.25, -0.2) is 9.97 Å². The highest BCUT2D eigenvalue weighted by molar-refractivity contribution is 6.33. The molecular weight excluding hydrogens is 252 g/mol. The number of methoxy groups -OCH3 is 1. The molecule has 0 unspecified atom stereocenters. The molecule has 0 spiro atoms. The van der Waals surface area contributed by atoms with Gasteiger partial charge in [0.2, 0.25) is 0 Å². The van der Waals surface area contributed by atoms with E-state index in [9.17, 15) is 0 Å². The quantitative estimate of drug-likeness (QED) is 0.887. The summed E-state index contributed by atoms with van der Waals surface area (Å²) in [6.07, 6.45) is 1.65. The number of hydrogen-bond acceptors (Lipinski definition) is 5. The van der Waals surface area contributed by atoms with Crippen LogP contribution in [0, 0.1) is 0 Å². The molecule has 0 amide bonds. The molecule has 0 aliphatic heterocycles. The number of aromatic nitrogens is 2. The van der Waals surface area contributed by atoms with Gasteiger partial charge in [0.1, 0.15) is 17.4 Å². The lowest BCUT2D eigenvalue weighted by molar-refractivity contribution is 0.415. The van der Waals surface area contributed by atoms with E-state index in [1.165, 1.54) is 0 Å². The lowest BCUT2D eigenvalue weighted by atomic mass is 10.3. The van der Waals surface area contributed by atoms with Crippen molar-refractivity contribution in [2.24, 2.45) is 5.73 Å². The van der Waals surface area contributed by atoms with Crippen molar-refractivity contribution in [3.05, 3.63) is 41.3 Å². The number of ether oxygens (including phenoxy) is 1. The molecule has 0 saturated carbocycles. The zero-order chi connectivity index (χ0) is 13.0. The van der Waals surface area contributed by atoms with Crippen molar-refractivity contribution in [1.82, 2.24) is 9.97 Å². The van der Waals surface area contributed by atoms with Crippen LogP contribution >= 0.6 is 11.6 Å². The van der Waals surface area contributed by atoms with Crippen LogP contribution in [0.3, 0.4) is 0 Å². The lowest BCUT2D eigenvalue weighted by Crippen LogP contribution is -2.04. The summed E-state index contributed by atoms with van der Waals surface area (Å²) in [7, 11) is 1.59. The van der Waals surface area contributed by atoms with Gasteiger partial charge in [-0.05, 0) is 18.2 Å². The molecule has 0 radical (unpaired) electrons. The third-order valence-corrected chi connectivity index (χ3v) is 2.64. The minimum absolute atomic E-state index is 0.297. The fraction of sp³-hybridized carbons (Fsp3) is 0.167. The Labute approximate surface area is 110 Å². The van der Waals surface area contributed by atoms with Crippen molar-refractivity contribution in [2.45, 2.75) is 6.54 Å². The van der Waals surface area contributed by atoms with E-state index in [1.807, 2.05) is 12.1 Å². The molecule has 5 nitrogen and oxygen atoms in total. The van der Waals surface area contributed by atoms with Crippen LogP contribution in [0.2, 0.25) is 5.02 Å². The summed E-state index contributed by atoms with van der Waals surface area (Å²) < 4.78 is 5.08. The van der Waals surface area contributed by atoms with Crippen molar-refractivity contribution < 1.29 is 4.74 Å². The van der Waals surface area contributed by atoms with E-state index in [4.69, 9.17) is 22.1 Å². The summed E-state index contributed by atoms with van der Waals surface area (Å²) in [4.78, 5) is 8.25. The monoisotopic (exact) mass is 264 g/mol. The van der Waals surface area contributed by atoms with Crippen LogP contribution in [0.5, 0.6) is 5.75 Å². The van der Waals surface area contributed by atoms with Gasteiger partial charge in [-0.15, -0.1) is 0 Å². The maximum Gasteiger partial charge on any atom is 0.144 e. The van der Waals surface area contributed by atoms with Crippen LogP contribution in [-0.2, 0) is 6.54 Å². The first-order valence-electron chi connectivity index (χ1n) is 5.35. The summed E-state index contributed by atoms with van der Waals surface area (Å²) in [5, 5.41) is 3.66. The van der Waals surface area contributed by atoms with Gasteiger partial charge >= 0.3 is 0 Å². The van der Waals surface area contributed by atoms with Crippen molar-refractivity contribution in [3.8, 4) is 5.75 Å². The molecule has 94 valence electrons. The number of nitrogens with zero attached hydrogens (tertiary/aromatic N) is 2. The molecule has 0 fully saturated rings. The molecule has 18 heavy (non-hydrogen) atoms. The van der Waals surface area contributed by atoms with E-state index < -0.39 is 0 Å². The first-order valence-corrected chi connectivity index (χ1v) is 5.73. The minimum Gasteiger partial charge on any atom is -0.497 e. The third kappa shape index (κ3) is 2.88. The van der Waals surface area contributed by atoms with Crippen molar-refractivity contribution in [3.63, 3.8) is 0 Å². The Balaban J connectivity index is 2.22. The largest absolute Gasteiger partial charge is 0.497 e. The Morgan fingerprint density at radius 3 is 2.89 bits per heavy atom. The van der Waals surface area contributed by atoms with E-state index in [2.05, 4.69) is 15.3 Å². The Morgan fingerprint density at radius 2 is 2.22 bits per heavy atom. The standard InChI is InChI=1S/C12H13ClN4O/c1-18-8-2-3-10(9(13)6-8)16-11-4-5-15-12(7-14)17-11/h2-6H,7,14H2,1H3,(H,15,16,17). The van der Waals surface area contributed by atoms with E-state index in [-0.39, 0.29) is 0 Å². The molecule has 0 aliphatic carbocycles. The minimum atomic E-state index is 0.297. The second-order valence-electron chi connectivity index (χ2n) is 3.53. The number of nitrogens with two attached hydrogens (primary N) is 1. The van der Waals surface area contributed by atoms with E-state index in [0.29, 0.717) is 29.0 Å². The number of benzene rings is 1. The second-order valence-corrected chi connectivity index (χ2v) is 3.94. The maximum atomic E-state index is 6.12. The van der Waals surface area contributed by atoms with Gasteiger partial charge in [0.05, 0.1) is 24.4 Å². The third-order valence-electron chi connectivity index (χ3n) is 2.33. The normalized spacial score (nSPS) is 10.2. The number of hydrogen-bond donors (Lipinski definition) is 2. The Morgan fingerprint density at radius 1 is 1.39 bits per heavy atom. The topological polar surface area (TPSA) is 73.1 Å². The fourth-order valence-electron chi connectivity index (χ4n) is 1.43. The molecule has 1 aromatic carbocycles. The van der Waals surface area contributed by atoms with Crippen LogP contribution in [0.1, 0.15) is 5.82 Å². The molecule has 2 aromatic rings. The van der Waals surface area contributed by atoms with E-state index in [0.717, 1.165) is 5.69 Å². The molecule has 0 saturated heterocycles. The highest BCUT2D eigenvalue weighted by Gasteiger charge is 2.04. The molecule has 0 atom stereocenters. The van der Waals surface area contributed by atoms with Crippen LogP contribution in [0.4, 0.5) is 11.5 Å². The highest BCUT2D eigenvalue weighted by atomic mass is 35.5. The van der Waals surface area contributed by atoms with Gasteiger partial charge in [0.25, 0.3) is 0 Å². The predicted octanol–water partition coefficient (Wildman–Crippen LogP) is 2.34. The summed E-state index contributed by atoms with van der Waals surface area (Å²) >= 11 is 6.12. The van der Waals surface area contributed by atoms with Crippen LogP contribution in [-0.4, -0.2) is 17.1 Å². The van der Waals surface area contributed by atoms with E-state index >= 15 is 0 Å². The molecule has 1 aromatic heterocycles. The van der Waals surface area contributed by atoms with Gasteiger partial charge in [0.15, 0.2) is 0 Å². The molecule has 3 N–H and O–H groups in total. The number of nitrogens with one attached hydrogen (secondary N) is 1. The van der Waals surface area contributed by atoms with Crippen LogP contribution < -0.4 is 15.8 Å². The lowest BCUT2D eigenvalue weighted by Gasteiger charge is -2.09. The molecule has 6 heteroatoms. The molecule has 0 bridgehead atoms. The Bertz CT molecular complexity index is 547. The molecule has 1 heterocycles. The summed E-state index contributed by atoms with van der Waals surface area (Å²) in [6.45, 7) is 0.297. The Kier molecular flexibility index (Phi) is 3.96. The molecule has 0 aliphatic rings. The number of anilines is 2. The van der Waals surface area contributed by atoms with Gasteiger partial charge in [-0.3, -0.25) is 0 Å². The zero-order valence-corrected chi connectivity index (χ0v) is 10.6. The summed E-state index contributed by atoms with van der Waals surface area (Å²) in [6, 6.07) is 7.12. The first-order chi connectivity index (χ1) is 8.72. The molecular formula is C12H13ClN4O. The van der Waals surface area contributed by atoms with Crippen molar-refractivity contribution in [1.29, 1.82) is 0 Å².